The highest BCUT2D eigenvalue weighted by Gasteiger charge is 2.26. The summed E-state index contributed by atoms with van der Waals surface area (Å²) >= 11 is 1.93. The fraction of sp³-hybridized carbons (Fsp3) is 0.600. The van der Waals surface area contributed by atoms with Gasteiger partial charge >= 0.3 is 0 Å². The zero-order valence-electron chi connectivity index (χ0n) is 11.6. The van der Waals surface area contributed by atoms with Crippen LogP contribution in [0.3, 0.4) is 0 Å². The third kappa shape index (κ3) is 4.30. The van der Waals surface area contributed by atoms with Crippen LogP contribution in [0.4, 0.5) is 0 Å². The molecule has 18 heavy (non-hydrogen) atoms. The van der Waals surface area contributed by atoms with Crippen molar-refractivity contribution in [2.24, 2.45) is 11.7 Å². The van der Waals surface area contributed by atoms with Crippen LogP contribution in [0.25, 0.3) is 0 Å². The molecule has 0 fully saturated rings. The van der Waals surface area contributed by atoms with Gasteiger partial charge in [0.2, 0.25) is 0 Å². The maximum Gasteiger partial charge on any atom is 0.0653 e. The van der Waals surface area contributed by atoms with Crippen LogP contribution in [0.5, 0.6) is 0 Å². The minimum atomic E-state index is -0.606. The third-order valence-corrected chi connectivity index (χ3v) is 5.01. The van der Waals surface area contributed by atoms with Crippen molar-refractivity contribution in [3.63, 3.8) is 0 Å². The molecule has 3 heteroatoms. The first-order valence-electron chi connectivity index (χ1n) is 6.56. The maximum absolute atomic E-state index is 9.58. The first-order valence-corrected chi connectivity index (χ1v) is 7.61. The van der Waals surface area contributed by atoms with Gasteiger partial charge in [-0.3, -0.25) is 0 Å². The van der Waals surface area contributed by atoms with Crippen molar-refractivity contribution < 1.29 is 5.11 Å². The van der Waals surface area contributed by atoms with Crippen molar-refractivity contribution in [3.8, 4) is 0 Å². The van der Waals surface area contributed by atoms with Crippen molar-refractivity contribution in [1.29, 1.82) is 0 Å². The molecule has 0 aliphatic carbocycles. The van der Waals surface area contributed by atoms with E-state index in [1.54, 1.807) is 0 Å². The Morgan fingerprint density at radius 1 is 1.22 bits per heavy atom. The average molecular weight is 267 g/mol. The molecule has 0 amide bonds. The number of hydrogen-bond acceptors (Lipinski definition) is 3. The Labute approximate surface area is 115 Å². The number of thioether (sulfide) groups is 1. The van der Waals surface area contributed by atoms with Crippen molar-refractivity contribution in [1.82, 2.24) is 0 Å². The second kappa shape index (κ2) is 7.17. The van der Waals surface area contributed by atoms with Gasteiger partial charge in [0.05, 0.1) is 12.1 Å². The molecular formula is C15H25NOS. The van der Waals surface area contributed by atoms with Crippen LogP contribution in [0.1, 0.15) is 32.8 Å². The number of aliphatic hydroxyl groups excluding tert-OH is 1. The number of rotatable bonds is 7. The van der Waals surface area contributed by atoms with Crippen LogP contribution in [0.2, 0.25) is 0 Å². The molecule has 0 radical (unpaired) electrons. The molecule has 0 aliphatic rings. The van der Waals surface area contributed by atoms with Crippen LogP contribution in [-0.2, 0) is 5.54 Å². The molecule has 0 aliphatic heterocycles. The number of aliphatic hydroxyl groups is 1. The number of nitrogens with two attached hydrogens (primary N) is 1. The van der Waals surface area contributed by atoms with Gasteiger partial charge in [0, 0.05) is 5.25 Å². The summed E-state index contributed by atoms with van der Waals surface area (Å²) in [5.74, 6) is 1.65. The van der Waals surface area contributed by atoms with E-state index in [9.17, 15) is 5.11 Å². The highest BCUT2D eigenvalue weighted by atomic mass is 32.2. The Bertz CT molecular complexity index is 342. The number of benzene rings is 1. The third-order valence-electron chi connectivity index (χ3n) is 3.50. The van der Waals surface area contributed by atoms with Crippen LogP contribution in [0.15, 0.2) is 30.3 Å². The van der Waals surface area contributed by atoms with Gasteiger partial charge in [0.1, 0.15) is 0 Å². The summed E-state index contributed by atoms with van der Waals surface area (Å²) in [5.41, 5.74) is 6.73. The summed E-state index contributed by atoms with van der Waals surface area (Å²) in [7, 11) is 0. The summed E-state index contributed by atoms with van der Waals surface area (Å²) in [6.07, 6.45) is 0.801. The Morgan fingerprint density at radius 3 is 2.33 bits per heavy atom. The summed E-state index contributed by atoms with van der Waals surface area (Å²) in [6.45, 7) is 6.70. The van der Waals surface area contributed by atoms with E-state index in [0.29, 0.717) is 11.2 Å². The Balaban J connectivity index is 2.56. The fourth-order valence-corrected chi connectivity index (χ4v) is 2.94. The Hall–Kier alpha value is -0.510. The topological polar surface area (TPSA) is 46.2 Å². The van der Waals surface area contributed by atoms with Gasteiger partial charge < -0.3 is 10.8 Å². The quantitative estimate of drug-likeness (QED) is 0.798. The lowest BCUT2D eigenvalue weighted by Crippen LogP contribution is -2.41. The summed E-state index contributed by atoms with van der Waals surface area (Å²) in [4.78, 5) is 0. The molecule has 0 bridgehead atoms. The van der Waals surface area contributed by atoms with Gasteiger partial charge in [-0.2, -0.15) is 11.8 Å². The molecule has 1 aromatic rings. The molecule has 2 nitrogen and oxygen atoms in total. The van der Waals surface area contributed by atoms with Crippen molar-refractivity contribution >= 4 is 11.8 Å². The van der Waals surface area contributed by atoms with Gasteiger partial charge in [-0.05, 0) is 23.7 Å². The van der Waals surface area contributed by atoms with E-state index >= 15 is 0 Å². The summed E-state index contributed by atoms with van der Waals surface area (Å²) < 4.78 is 0. The van der Waals surface area contributed by atoms with Crippen molar-refractivity contribution in [3.05, 3.63) is 35.9 Å². The molecule has 0 heterocycles. The van der Waals surface area contributed by atoms with Crippen LogP contribution in [0, 0.1) is 5.92 Å². The first-order chi connectivity index (χ1) is 8.49. The van der Waals surface area contributed by atoms with Crippen molar-refractivity contribution in [2.75, 3.05) is 12.4 Å². The highest BCUT2D eigenvalue weighted by molar-refractivity contribution is 7.99. The molecule has 1 rings (SSSR count). The van der Waals surface area contributed by atoms with Gasteiger partial charge in [-0.1, -0.05) is 51.1 Å². The van der Waals surface area contributed by atoms with Crippen LogP contribution in [-0.4, -0.2) is 22.7 Å². The standard InChI is InChI=1S/C15H25NOS/c1-12(2)13(3)18-10-9-15(16,11-17)14-7-5-4-6-8-14/h4-8,12-13,17H,9-11,16H2,1-3H3. The van der Waals surface area contributed by atoms with Crippen LogP contribution < -0.4 is 5.73 Å². The lowest BCUT2D eigenvalue weighted by molar-refractivity contribution is 0.193. The molecule has 2 atom stereocenters. The van der Waals surface area contributed by atoms with Crippen LogP contribution >= 0.6 is 11.8 Å². The second-order valence-electron chi connectivity index (χ2n) is 5.25. The van der Waals surface area contributed by atoms with Gasteiger partial charge in [-0.15, -0.1) is 0 Å². The largest absolute Gasteiger partial charge is 0.394 e. The Kier molecular flexibility index (Phi) is 6.19. The SMILES string of the molecule is CC(C)C(C)SCCC(N)(CO)c1ccccc1. The van der Waals surface area contributed by atoms with Crippen molar-refractivity contribution in [2.45, 2.75) is 38.0 Å². The molecule has 102 valence electrons. The molecule has 0 spiro atoms. The maximum atomic E-state index is 9.58. The minimum absolute atomic E-state index is 0.00632. The van der Waals surface area contributed by atoms with E-state index in [0.717, 1.165) is 17.7 Å². The lowest BCUT2D eigenvalue weighted by atomic mass is 9.89. The van der Waals surface area contributed by atoms with E-state index in [-0.39, 0.29) is 6.61 Å². The van der Waals surface area contributed by atoms with Gasteiger partial charge in [0.15, 0.2) is 0 Å². The van der Waals surface area contributed by atoms with E-state index in [1.807, 2.05) is 42.1 Å². The summed E-state index contributed by atoms with van der Waals surface area (Å²) in [5, 5.41) is 10.2. The highest BCUT2D eigenvalue weighted by Crippen LogP contribution is 2.26. The predicted molar refractivity (Wildman–Crippen MR) is 80.8 cm³/mol. The average Bonchev–Trinajstić information content (AvgIpc) is 2.39. The monoisotopic (exact) mass is 267 g/mol. The van der Waals surface area contributed by atoms with Gasteiger partial charge in [-0.25, -0.2) is 0 Å². The fourth-order valence-electron chi connectivity index (χ4n) is 1.70. The number of hydrogen-bond donors (Lipinski definition) is 2. The molecule has 2 unspecified atom stereocenters. The zero-order valence-corrected chi connectivity index (χ0v) is 12.4. The predicted octanol–water partition coefficient (Wildman–Crippen LogP) is 3.00. The molecule has 0 aromatic heterocycles. The molecular weight excluding hydrogens is 242 g/mol. The Morgan fingerprint density at radius 2 is 1.83 bits per heavy atom. The van der Waals surface area contributed by atoms with Gasteiger partial charge in [0.25, 0.3) is 0 Å². The van der Waals surface area contributed by atoms with E-state index < -0.39 is 5.54 Å². The summed E-state index contributed by atoms with van der Waals surface area (Å²) in [6, 6.07) is 9.89. The van der Waals surface area contributed by atoms with E-state index in [1.165, 1.54) is 0 Å². The normalized spacial score (nSPS) is 16.6. The molecule has 0 saturated carbocycles. The zero-order chi connectivity index (χ0) is 13.6. The van der Waals surface area contributed by atoms with E-state index in [4.69, 9.17) is 5.73 Å². The minimum Gasteiger partial charge on any atom is -0.394 e. The first kappa shape index (κ1) is 15.5. The lowest BCUT2D eigenvalue weighted by Gasteiger charge is -2.28. The molecule has 1 aromatic carbocycles. The molecule has 3 N–H and O–H groups in total. The second-order valence-corrected chi connectivity index (χ2v) is 6.74. The molecule has 0 saturated heterocycles. The smallest absolute Gasteiger partial charge is 0.0653 e. The van der Waals surface area contributed by atoms with E-state index in [2.05, 4.69) is 20.8 Å².